The molecule has 0 bridgehead atoms. The summed E-state index contributed by atoms with van der Waals surface area (Å²) in [5.74, 6) is 0. The number of ether oxygens (including phenoxy) is 2. The second-order valence-electron chi connectivity index (χ2n) is 13.8. The van der Waals surface area contributed by atoms with Crippen molar-refractivity contribution in [3.05, 3.63) is 0 Å². The van der Waals surface area contributed by atoms with Gasteiger partial charge in [-0.2, -0.15) is 0 Å². The molecular weight excluding hydrogens is 664 g/mol. The van der Waals surface area contributed by atoms with E-state index >= 15 is 0 Å². The molecule has 8 N–H and O–H groups in total. The van der Waals surface area contributed by atoms with E-state index in [0.717, 1.165) is 0 Å². The zero-order chi connectivity index (χ0) is 33.6. The number of hydrogen-bond donors (Lipinski definition) is 8. The summed E-state index contributed by atoms with van der Waals surface area (Å²) in [6.45, 7) is 28.1. The van der Waals surface area contributed by atoms with E-state index in [2.05, 4.69) is 9.47 Å². The van der Waals surface area contributed by atoms with Crippen LogP contribution in [-0.4, -0.2) is 87.4 Å². The SMILES string of the molecule is CC(C)(C)O.CC(C)(C)O.CC(C)(C)O.CC(C)(C)O.CC(C)(C)OC(O)O.CC(C)(C)OC(O)O.[Mo]#[Mo]. The van der Waals surface area contributed by atoms with Gasteiger partial charge in [0.1, 0.15) is 0 Å². The first-order valence-corrected chi connectivity index (χ1v) is 17.6. The van der Waals surface area contributed by atoms with Crippen LogP contribution in [-0.2, 0) is 41.4 Å². The van der Waals surface area contributed by atoms with Crippen molar-refractivity contribution in [2.24, 2.45) is 0 Å². The van der Waals surface area contributed by atoms with Gasteiger partial charge in [-0.15, -0.1) is 0 Å². The van der Waals surface area contributed by atoms with Gasteiger partial charge in [-0.3, -0.25) is 0 Å². The maximum atomic E-state index is 8.52. The Morgan fingerprint density at radius 2 is 0.447 bits per heavy atom. The summed E-state index contributed by atoms with van der Waals surface area (Å²) in [4.78, 5) is 0. The third-order valence-electron chi connectivity index (χ3n) is 0.918. The molecule has 0 saturated heterocycles. The first-order valence-electron chi connectivity index (χ1n) is 12.0. The molecular formula is C26H64Mo2O10. The summed E-state index contributed by atoms with van der Waals surface area (Å²) >= 11 is 3.92. The van der Waals surface area contributed by atoms with Gasteiger partial charge in [-0.25, -0.2) is 0 Å². The first kappa shape index (κ1) is 55.0. The second-order valence-corrected chi connectivity index (χ2v) is 13.8. The van der Waals surface area contributed by atoms with E-state index in [4.69, 9.17) is 40.9 Å². The molecule has 12 heteroatoms. The molecule has 0 aliphatic rings. The Bertz CT molecular complexity index is 406. The third-order valence-corrected chi connectivity index (χ3v) is 0.918. The summed E-state index contributed by atoms with van der Waals surface area (Å²) in [7, 11) is 0. The summed E-state index contributed by atoms with van der Waals surface area (Å²) < 4.78 is 9.10. The van der Waals surface area contributed by atoms with Gasteiger partial charge in [-0.05, 0) is 125 Å². The molecule has 0 heterocycles. The van der Waals surface area contributed by atoms with Gasteiger partial charge >= 0.3 is 31.9 Å². The monoisotopic (exact) mass is 732 g/mol. The van der Waals surface area contributed by atoms with Crippen LogP contribution in [0.2, 0.25) is 0 Å². The van der Waals surface area contributed by atoms with Crippen molar-refractivity contribution in [3.8, 4) is 0 Å². The molecule has 38 heavy (non-hydrogen) atoms. The molecule has 10 nitrogen and oxygen atoms in total. The topological polar surface area (TPSA) is 180 Å². The molecule has 240 valence electrons. The van der Waals surface area contributed by atoms with Crippen LogP contribution in [0.1, 0.15) is 125 Å². The number of aliphatic hydroxyl groups is 8. The predicted octanol–water partition coefficient (Wildman–Crippen LogP) is 3.24. The van der Waals surface area contributed by atoms with Gasteiger partial charge in [0.05, 0.1) is 33.6 Å². The molecule has 0 saturated carbocycles. The molecule has 0 aromatic heterocycles. The molecule has 0 spiro atoms. The molecule has 0 aromatic carbocycles. The normalized spacial score (nSPS) is 11.7. The van der Waals surface area contributed by atoms with Crippen LogP contribution >= 0.6 is 0 Å². The van der Waals surface area contributed by atoms with E-state index in [0.29, 0.717) is 0 Å². The second kappa shape index (κ2) is 25.7. The minimum atomic E-state index is -1.66. The molecule has 0 rings (SSSR count). The predicted molar refractivity (Wildman–Crippen MR) is 146 cm³/mol. The van der Waals surface area contributed by atoms with Crippen LogP contribution in [0.5, 0.6) is 0 Å². The van der Waals surface area contributed by atoms with Crippen LogP contribution in [0.15, 0.2) is 0 Å². The fraction of sp³-hybridized carbons (Fsp3) is 1.00. The van der Waals surface area contributed by atoms with Crippen molar-refractivity contribution in [1.82, 2.24) is 0 Å². The van der Waals surface area contributed by atoms with E-state index in [1.807, 2.05) is 31.9 Å². The van der Waals surface area contributed by atoms with Gasteiger partial charge in [0.25, 0.3) is 13.0 Å². The summed E-state index contributed by atoms with van der Waals surface area (Å²) in [6.07, 6.45) is 0. The zero-order valence-corrected chi connectivity index (χ0v) is 31.4. The van der Waals surface area contributed by atoms with Crippen molar-refractivity contribution < 1.29 is 82.2 Å². The van der Waals surface area contributed by atoms with Gasteiger partial charge in [0.15, 0.2) is 0 Å². The van der Waals surface area contributed by atoms with Crippen LogP contribution in [0.3, 0.4) is 0 Å². The molecule has 0 fully saturated rings. The minimum absolute atomic E-state index is 0.478. The molecule has 0 unspecified atom stereocenters. The molecule has 0 aromatic rings. The Hall–Kier alpha value is 0.977. The van der Waals surface area contributed by atoms with Gasteiger partial charge in [0.2, 0.25) is 0 Å². The van der Waals surface area contributed by atoms with Crippen LogP contribution in [0, 0.1) is 0 Å². The summed E-state index contributed by atoms with van der Waals surface area (Å²) in [6, 6.07) is 0. The average molecular weight is 729 g/mol. The molecule has 0 radical (unpaired) electrons. The maximum absolute atomic E-state index is 8.52. The van der Waals surface area contributed by atoms with E-state index in [1.54, 1.807) is 125 Å². The fourth-order valence-electron chi connectivity index (χ4n) is 0.632. The number of aliphatic hydroxyl groups excluding tert-OH is 2. The fourth-order valence-corrected chi connectivity index (χ4v) is 0.632. The van der Waals surface area contributed by atoms with E-state index in [1.165, 1.54) is 0 Å². The van der Waals surface area contributed by atoms with Crippen molar-refractivity contribution in [2.75, 3.05) is 0 Å². The summed E-state index contributed by atoms with van der Waals surface area (Å²) in [5.41, 5.74) is -2.96. The van der Waals surface area contributed by atoms with E-state index in [-0.39, 0.29) is 0 Å². The van der Waals surface area contributed by atoms with E-state index < -0.39 is 46.6 Å². The number of hydrogen-bond acceptors (Lipinski definition) is 10. The number of rotatable bonds is 2. The van der Waals surface area contributed by atoms with Crippen molar-refractivity contribution >= 4 is 0 Å². The van der Waals surface area contributed by atoms with Gasteiger partial charge in [0, 0.05) is 0 Å². The Morgan fingerprint density at radius 3 is 0.447 bits per heavy atom. The Labute approximate surface area is 252 Å². The van der Waals surface area contributed by atoms with Crippen LogP contribution < -0.4 is 0 Å². The average Bonchev–Trinajstić information content (AvgIpc) is 2.36. The van der Waals surface area contributed by atoms with Crippen LogP contribution in [0.25, 0.3) is 0 Å². The first-order chi connectivity index (χ1) is 15.8. The molecule has 0 atom stereocenters. The van der Waals surface area contributed by atoms with Gasteiger partial charge in [-0.1, -0.05) is 0 Å². The Morgan fingerprint density at radius 1 is 0.368 bits per heavy atom. The Kier molecular flexibility index (Phi) is 37.1. The zero-order valence-electron chi connectivity index (χ0n) is 27.4. The van der Waals surface area contributed by atoms with Gasteiger partial charge < -0.3 is 50.3 Å². The van der Waals surface area contributed by atoms with E-state index in [9.17, 15) is 0 Å². The van der Waals surface area contributed by atoms with Crippen molar-refractivity contribution in [2.45, 2.75) is 171 Å². The Balaban J connectivity index is -0.0000000607. The third kappa shape index (κ3) is 397. The standard InChI is InChI=1S/2C5H12O3.4C4H10O.2Mo/c2*1-5(2,3)8-4(6)7;4*1-4(2,3)5;;/h2*4,6-7H,1-3H3;4*5H,1-3H3;;. The van der Waals surface area contributed by atoms with Crippen molar-refractivity contribution in [1.29, 1.82) is 0 Å². The molecule has 0 aliphatic carbocycles. The quantitative estimate of drug-likeness (QED) is 0.156. The molecule has 0 amide bonds. The van der Waals surface area contributed by atoms with Crippen LogP contribution in [0.4, 0.5) is 0 Å². The molecule has 0 aliphatic heterocycles. The van der Waals surface area contributed by atoms with Crippen molar-refractivity contribution in [3.63, 3.8) is 0 Å². The summed E-state index contributed by atoms with van der Waals surface area (Å²) in [5, 5.41) is 67.0.